The number of carboxylic acid groups (broad SMARTS) is 1. The van der Waals surface area contributed by atoms with Crippen molar-refractivity contribution in [2.45, 2.75) is 12.5 Å². The largest absolute Gasteiger partial charge is 0.480 e. The molecular formula is C26H19NO4S2. The van der Waals surface area contributed by atoms with Crippen molar-refractivity contribution in [3.8, 4) is 0 Å². The first kappa shape index (κ1) is 22.6. The number of nitrogens with zero attached hydrogens (tertiary/aromatic N) is 1. The lowest BCUT2D eigenvalue weighted by molar-refractivity contribution is -0.145. The summed E-state index contributed by atoms with van der Waals surface area (Å²) in [5, 5.41) is 9.79. The summed E-state index contributed by atoms with van der Waals surface area (Å²) in [6, 6.07) is 23.9. The normalized spacial score (nSPS) is 15.6. The molecule has 0 spiro atoms. The van der Waals surface area contributed by atoms with Crippen LogP contribution in [0.15, 0.2) is 89.8 Å². The van der Waals surface area contributed by atoms with Crippen LogP contribution in [0.1, 0.15) is 27.0 Å². The van der Waals surface area contributed by atoms with Gasteiger partial charge in [0.1, 0.15) is 10.4 Å². The van der Waals surface area contributed by atoms with Gasteiger partial charge in [0.2, 0.25) is 0 Å². The number of hydrogen-bond donors (Lipinski definition) is 1. The van der Waals surface area contributed by atoms with Crippen LogP contribution < -0.4 is 0 Å². The highest BCUT2D eigenvalue weighted by molar-refractivity contribution is 8.26. The number of carbonyl (C=O) groups excluding carboxylic acids is 2. The van der Waals surface area contributed by atoms with Gasteiger partial charge < -0.3 is 5.11 Å². The smallest absolute Gasteiger partial charge is 0.327 e. The van der Waals surface area contributed by atoms with Crippen LogP contribution in [0.25, 0.3) is 6.08 Å². The molecule has 0 unspecified atom stereocenters. The third kappa shape index (κ3) is 5.10. The van der Waals surface area contributed by atoms with E-state index in [2.05, 4.69) is 0 Å². The van der Waals surface area contributed by atoms with E-state index >= 15 is 0 Å². The molecule has 0 aliphatic carbocycles. The molecular weight excluding hydrogens is 454 g/mol. The maximum absolute atomic E-state index is 13.1. The first-order valence-corrected chi connectivity index (χ1v) is 11.4. The summed E-state index contributed by atoms with van der Waals surface area (Å²) in [7, 11) is 0. The van der Waals surface area contributed by atoms with Gasteiger partial charge in [-0.1, -0.05) is 103 Å². The topological polar surface area (TPSA) is 74.7 Å². The third-order valence-electron chi connectivity index (χ3n) is 5.17. The monoisotopic (exact) mass is 473 g/mol. The number of amides is 1. The summed E-state index contributed by atoms with van der Waals surface area (Å²) < 4.78 is 0.200. The van der Waals surface area contributed by atoms with Crippen molar-refractivity contribution < 1.29 is 19.5 Å². The van der Waals surface area contributed by atoms with E-state index in [-0.39, 0.29) is 16.5 Å². The molecule has 1 fully saturated rings. The standard InChI is InChI=1S/C26H19NO4S2/c28-23(19-11-5-2-6-12-19)20-13-7-10-18(14-20)16-22-24(29)27(26(32)33-22)21(25(30)31)15-17-8-3-1-4-9-17/h1-14,16,21H,15H2,(H,30,31)/b22-16-/t21-/m0/s1. The molecule has 1 atom stereocenters. The van der Waals surface area contributed by atoms with Crippen molar-refractivity contribution in [3.05, 3.63) is 112 Å². The van der Waals surface area contributed by atoms with Crippen LogP contribution in [0, 0.1) is 0 Å². The van der Waals surface area contributed by atoms with Crippen LogP contribution >= 0.6 is 24.0 Å². The van der Waals surface area contributed by atoms with E-state index in [1.807, 2.05) is 36.4 Å². The Kier molecular flexibility index (Phi) is 6.82. The molecule has 1 aliphatic rings. The van der Waals surface area contributed by atoms with Gasteiger partial charge in [0.25, 0.3) is 5.91 Å². The van der Waals surface area contributed by atoms with Crippen molar-refractivity contribution in [1.29, 1.82) is 0 Å². The maximum Gasteiger partial charge on any atom is 0.327 e. The molecule has 0 radical (unpaired) electrons. The molecule has 3 aromatic carbocycles. The first-order valence-electron chi connectivity index (χ1n) is 10.2. The number of aliphatic carboxylic acids is 1. The number of ketones is 1. The minimum absolute atomic E-state index is 0.118. The molecule has 0 saturated carbocycles. The van der Waals surface area contributed by atoms with Crippen molar-refractivity contribution in [2.75, 3.05) is 0 Å². The molecule has 7 heteroatoms. The van der Waals surface area contributed by atoms with E-state index in [0.29, 0.717) is 21.6 Å². The van der Waals surface area contributed by atoms with Gasteiger partial charge >= 0.3 is 5.97 Å². The Morgan fingerprint density at radius 3 is 2.24 bits per heavy atom. The number of hydrogen-bond acceptors (Lipinski definition) is 5. The Labute approximate surface area is 200 Å². The highest BCUT2D eigenvalue weighted by atomic mass is 32.2. The fourth-order valence-corrected chi connectivity index (χ4v) is 4.91. The van der Waals surface area contributed by atoms with Crippen LogP contribution in [0.3, 0.4) is 0 Å². The van der Waals surface area contributed by atoms with E-state index in [9.17, 15) is 19.5 Å². The maximum atomic E-state index is 13.1. The molecule has 0 aromatic heterocycles. The average molecular weight is 474 g/mol. The van der Waals surface area contributed by atoms with Gasteiger partial charge in [0.05, 0.1) is 4.91 Å². The first-order chi connectivity index (χ1) is 15.9. The fraction of sp³-hybridized carbons (Fsp3) is 0.0769. The average Bonchev–Trinajstić information content (AvgIpc) is 3.10. The van der Waals surface area contributed by atoms with Crippen molar-refractivity contribution in [1.82, 2.24) is 4.90 Å². The number of carbonyl (C=O) groups is 3. The number of rotatable bonds is 7. The van der Waals surface area contributed by atoms with Gasteiger partial charge in [-0.05, 0) is 23.3 Å². The minimum atomic E-state index is -1.12. The molecule has 0 bridgehead atoms. The third-order valence-corrected chi connectivity index (χ3v) is 6.51. The second-order valence-electron chi connectivity index (χ2n) is 7.42. The molecule has 5 nitrogen and oxygen atoms in total. The Bertz CT molecular complexity index is 1260. The van der Waals surface area contributed by atoms with Gasteiger partial charge in [0, 0.05) is 17.5 Å². The van der Waals surface area contributed by atoms with Crippen LogP contribution in [-0.2, 0) is 16.0 Å². The van der Waals surface area contributed by atoms with Crippen LogP contribution in [-0.4, -0.2) is 38.0 Å². The Hall–Kier alpha value is -3.55. The second kappa shape index (κ2) is 9.94. The number of carboxylic acids is 1. The van der Waals surface area contributed by atoms with E-state index in [4.69, 9.17) is 12.2 Å². The predicted octanol–water partition coefficient (Wildman–Crippen LogP) is 4.81. The highest BCUT2D eigenvalue weighted by Gasteiger charge is 2.40. The summed E-state index contributed by atoms with van der Waals surface area (Å²) >= 11 is 6.43. The molecule has 1 saturated heterocycles. The van der Waals surface area contributed by atoms with Gasteiger partial charge in [-0.25, -0.2) is 4.79 Å². The summed E-state index contributed by atoms with van der Waals surface area (Å²) in [5.41, 5.74) is 2.53. The summed E-state index contributed by atoms with van der Waals surface area (Å²) in [6.07, 6.45) is 1.79. The molecule has 164 valence electrons. The summed E-state index contributed by atoms with van der Waals surface area (Å²) in [6.45, 7) is 0. The molecule has 1 aliphatic heterocycles. The Balaban J connectivity index is 1.59. The quantitative estimate of drug-likeness (QED) is 0.301. The number of thioether (sulfide) groups is 1. The second-order valence-corrected chi connectivity index (χ2v) is 9.09. The highest BCUT2D eigenvalue weighted by Crippen LogP contribution is 2.35. The SMILES string of the molecule is O=C(c1ccccc1)c1cccc(/C=C2\SC(=S)N([C@@H](Cc3ccccc3)C(=O)O)C2=O)c1. The lowest BCUT2D eigenvalue weighted by Gasteiger charge is -2.23. The number of benzene rings is 3. The zero-order valence-corrected chi connectivity index (χ0v) is 19.0. The van der Waals surface area contributed by atoms with Gasteiger partial charge in [-0.15, -0.1) is 0 Å². The zero-order valence-electron chi connectivity index (χ0n) is 17.4. The van der Waals surface area contributed by atoms with Gasteiger partial charge in [0.15, 0.2) is 5.78 Å². The molecule has 33 heavy (non-hydrogen) atoms. The summed E-state index contributed by atoms with van der Waals surface area (Å²) in [5.74, 6) is -1.69. The van der Waals surface area contributed by atoms with Gasteiger partial charge in [-0.2, -0.15) is 0 Å². The van der Waals surface area contributed by atoms with Crippen LogP contribution in [0.5, 0.6) is 0 Å². The van der Waals surface area contributed by atoms with Crippen molar-refractivity contribution in [3.63, 3.8) is 0 Å². The molecule has 1 heterocycles. The Morgan fingerprint density at radius 1 is 0.939 bits per heavy atom. The van der Waals surface area contributed by atoms with E-state index < -0.39 is 17.9 Å². The number of thiocarbonyl (C=S) groups is 1. The zero-order chi connectivity index (χ0) is 23.4. The van der Waals surface area contributed by atoms with E-state index in [1.54, 1.807) is 54.6 Å². The molecule has 1 amide bonds. The minimum Gasteiger partial charge on any atom is -0.480 e. The fourth-order valence-electron chi connectivity index (χ4n) is 3.55. The van der Waals surface area contributed by atoms with Gasteiger partial charge in [-0.3, -0.25) is 14.5 Å². The molecule has 3 aromatic rings. The molecule has 1 N–H and O–H groups in total. The lowest BCUT2D eigenvalue weighted by atomic mass is 10.0. The van der Waals surface area contributed by atoms with E-state index in [0.717, 1.165) is 17.3 Å². The van der Waals surface area contributed by atoms with Crippen LogP contribution in [0.2, 0.25) is 0 Å². The summed E-state index contributed by atoms with van der Waals surface area (Å²) in [4.78, 5) is 39.3. The Morgan fingerprint density at radius 2 is 1.58 bits per heavy atom. The van der Waals surface area contributed by atoms with Crippen molar-refractivity contribution >= 4 is 52.0 Å². The van der Waals surface area contributed by atoms with Crippen molar-refractivity contribution in [2.24, 2.45) is 0 Å². The predicted molar refractivity (Wildman–Crippen MR) is 133 cm³/mol. The van der Waals surface area contributed by atoms with Crippen LogP contribution in [0.4, 0.5) is 0 Å². The lowest BCUT2D eigenvalue weighted by Crippen LogP contribution is -2.45. The van der Waals surface area contributed by atoms with E-state index in [1.165, 1.54) is 4.90 Å². The molecule has 4 rings (SSSR count).